The molecule has 5 rings (SSSR count). The number of nitrogens with zero attached hydrogens (tertiary/aromatic N) is 1. The lowest BCUT2D eigenvalue weighted by atomic mass is 9.96. The third kappa shape index (κ3) is 5.98. The molecule has 8 heteroatoms. The number of ether oxygens (including phenoxy) is 1. The summed E-state index contributed by atoms with van der Waals surface area (Å²) in [4.78, 5) is 27.6. The number of carbonyl (C=O) groups excluding carboxylic acids is 2. The normalized spacial score (nSPS) is 13.7. The van der Waals surface area contributed by atoms with E-state index in [-0.39, 0.29) is 22.4 Å². The van der Waals surface area contributed by atoms with Gasteiger partial charge in [0.25, 0.3) is 15.9 Å². The summed E-state index contributed by atoms with van der Waals surface area (Å²) in [5.41, 5.74) is 3.53. The van der Waals surface area contributed by atoms with Gasteiger partial charge in [-0.1, -0.05) is 61.4 Å². The molecule has 212 valence electrons. The van der Waals surface area contributed by atoms with Crippen LogP contribution in [0.5, 0.6) is 5.75 Å². The summed E-state index contributed by atoms with van der Waals surface area (Å²) < 4.78 is 33.5. The predicted octanol–water partition coefficient (Wildman–Crippen LogP) is 6.16. The van der Waals surface area contributed by atoms with Crippen LogP contribution in [0.3, 0.4) is 0 Å². The molecule has 0 atom stereocenters. The molecule has 41 heavy (non-hydrogen) atoms. The highest BCUT2D eigenvalue weighted by atomic mass is 32.2. The molecule has 0 heterocycles. The number of sulfonamides is 1. The van der Waals surface area contributed by atoms with E-state index in [1.165, 1.54) is 13.2 Å². The van der Waals surface area contributed by atoms with Crippen LogP contribution in [-0.2, 0) is 21.2 Å². The van der Waals surface area contributed by atoms with E-state index >= 15 is 0 Å². The van der Waals surface area contributed by atoms with Crippen molar-refractivity contribution in [3.63, 3.8) is 0 Å². The molecular weight excluding hydrogens is 536 g/mol. The van der Waals surface area contributed by atoms with Crippen LogP contribution in [0.25, 0.3) is 10.8 Å². The van der Waals surface area contributed by atoms with Gasteiger partial charge in [-0.2, -0.15) is 0 Å². The van der Waals surface area contributed by atoms with Gasteiger partial charge < -0.3 is 9.64 Å². The van der Waals surface area contributed by atoms with E-state index in [1.54, 1.807) is 50.2 Å². The lowest BCUT2D eigenvalue weighted by molar-refractivity contribution is -0.117. The van der Waals surface area contributed by atoms with Crippen LogP contribution < -0.4 is 14.4 Å². The van der Waals surface area contributed by atoms with Gasteiger partial charge in [0.2, 0.25) is 5.91 Å². The van der Waals surface area contributed by atoms with E-state index in [2.05, 4.69) is 29.0 Å². The quantitative estimate of drug-likeness (QED) is 0.274. The molecule has 1 N–H and O–H groups in total. The SMILES string of the molecule is COc1cc(C(=O)NS(=O)(=O)c2ccccc2C)ccc1Cc1cccc2ccc(N(C(C)=O)C3CCCC3)cc12. The summed E-state index contributed by atoms with van der Waals surface area (Å²) in [5.74, 6) is -0.201. The topological polar surface area (TPSA) is 92.8 Å². The Morgan fingerprint density at radius 1 is 0.927 bits per heavy atom. The van der Waals surface area contributed by atoms with Crippen molar-refractivity contribution in [2.75, 3.05) is 12.0 Å². The highest BCUT2D eigenvalue weighted by molar-refractivity contribution is 7.90. The van der Waals surface area contributed by atoms with Crippen molar-refractivity contribution in [1.29, 1.82) is 0 Å². The van der Waals surface area contributed by atoms with Crippen molar-refractivity contribution in [3.8, 4) is 5.75 Å². The average Bonchev–Trinajstić information content (AvgIpc) is 3.47. The van der Waals surface area contributed by atoms with Gasteiger partial charge in [-0.25, -0.2) is 13.1 Å². The Kier molecular flexibility index (Phi) is 8.13. The number of hydrogen-bond acceptors (Lipinski definition) is 5. The van der Waals surface area contributed by atoms with Gasteiger partial charge in [0.1, 0.15) is 5.75 Å². The van der Waals surface area contributed by atoms with Crippen LogP contribution in [0.4, 0.5) is 5.69 Å². The number of carbonyl (C=O) groups is 2. The highest BCUT2D eigenvalue weighted by Crippen LogP contribution is 2.33. The first-order chi connectivity index (χ1) is 19.7. The molecule has 0 radical (unpaired) electrons. The summed E-state index contributed by atoms with van der Waals surface area (Å²) in [7, 11) is -2.51. The van der Waals surface area contributed by atoms with Crippen LogP contribution in [0.2, 0.25) is 0 Å². The fourth-order valence-electron chi connectivity index (χ4n) is 5.77. The number of aryl methyl sites for hydroxylation is 1. The van der Waals surface area contributed by atoms with Crippen molar-refractivity contribution >= 4 is 38.3 Å². The molecule has 1 fully saturated rings. The molecule has 1 aliphatic rings. The van der Waals surface area contributed by atoms with Crippen LogP contribution in [0.1, 0.15) is 59.7 Å². The van der Waals surface area contributed by atoms with Crippen molar-refractivity contribution in [2.24, 2.45) is 0 Å². The second-order valence-electron chi connectivity index (χ2n) is 10.6. The predicted molar refractivity (Wildman–Crippen MR) is 161 cm³/mol. The van der Waals surface area contributed by atoms with Crippen LogP contribution in [0, 0.1) is 6.92 Å². The van der Waals surface area contributed by atoms with Crippen molar-refractivity contribution in [2.45, 2.75) is 56.9 Å². The molecule has 0 unspecified atom stereocenters. The Hall–Kier alpha value is -4.17. The number of nitrogens with one attached hydrogen (secondary N) is 1. The fourth-order valence-corrected chi connectivity index (χ4v) is 6.99. The largest absolute Gasteiger partial charge is 0.496 e. The Labute approximate surface area is 241 Å². The Morgan fingerprint density at radius 2 is 1.68 bits per heavy atom. The number of amides is 2. The number of fused-ring (bicyclic) bond motifs is 1. The maximum atomic E-state index is 12.9. The molecule has 1 aliphatic carbocycles. The minimum Gasteiger partial charge on any atom is -0.496 e. The van der Waals surface area contributed by atoms with Crippen LogP contribution >= 0.6 is 0 Å². The first kappa shape index (κ1) is 28.4. The van der Waals surface area contributed by atoms with Gasteiger partial charge >= 0.3 is 0 Å². The van der Waals surface area contributed by atoms with Gasteiger partial charge in [0, 0.05) is 30.6 Å². The maximum absolute atomic E-state index is 12.9. The maximum Gasteiger partial charge on any atom is 0.265 e. The zero-order chi connectivity index (χ0) is 29.1. The number of anilines is 1. The van der Waals surface area contributed by atoms with Gasteiger partial charge in [0.15, 0.2) is 0 Å². The van der Waals surface area contributed by atoms with Gasteiger partial charge in [0.05, 0.1) is 12.0 Å². The minimum atomic E-state index is -4.03. The van der Waals surface area contributed by atoms with Crippen molar-refractivity contribution in [3.05, 3.63) is 101 Å². The summed E-state index contributed by atoms with van der Waals surface area (Å²) in [5, 5.41) is 2.11. The lowest BCUT2D eigenvalue weighted by Crippen LogP contribution is -2.37. The number of benzene rings is 4. The van der Waals surface area contributed by atoms with Crippen molar-refractivity contribution in [1.82, 2.24) is 4.72 Å². The third-order valence-electron chi connectivity index (χ3n) is 7.80. The zero-order valence-corrected chi connectivity index (χ0v) is 24.3. The second kappa shape index (κ2) is 11.7. The standard InChI is InChI=1S/C33H34N2O5S/c1-22-9-4-7-14-32(22)41(38,39)34-33(37)27-16-15-26(31(20-27)40-3)19-25-11-8-10-24-17-18-29(21-30(24)25)35(23(2)36)28-12-5-6-13-28/h4,7-11,14-18,20-21,28H,5-6,12-13,19H2,1-3H3,(H,34,37). The summed E-state index contributed by atoms with van der Waals surface area (Å²) in [6.45, 7) is 3.31. The van der Waals surface area contributed by atoms with Crippen LogP contribution in [-0.4, -0.2) is 33.4 Å². The lowest BCUT2D eigenvalue weighted by Gasteiger charge is -2.28. The molecule has 4 aromatic rings. The Bertz CT molecular complexity index is 1730. The summed E-state index contributed by atoms with van der Waals surface area (Å²) in [6, 6.07) is 24.0. The van der Waals surface area contributed by atoms with E-state index in [0.29, 0.717) is 17.7 Å². The number of methoxy groups -OCH3 is 1. The first-order valence-electron chi connectivity index (χ1n) is 13.8. The van der Waals surface area contributed by atoms with E-state index in [9.17, 15) is 18.0 Å². The van der Waals surface area contributed by atoms with Crippen molar-refractivity contribution < 1.29 is 22.7 Å². The van der Waals surface area contributed by atoms with E-state index in [4.69, 9.17) is 4.74 Å². The molecule has 1 saturated carbocycles. The molecule has 0 bridgehead atoms. The summed E-state index contributed by atoms with van der Waals surface area (Å²) >= 11 is 0. The third-order valence-corrected chi connectivity index (χ3v) is 9.29. The molecule has 0 aromatic heterocycles. The van der Waals surface area contributed by atoms with E-state index in [1.807, 2.05) is 17.0 Å². The zero-order valence-electron chi connectivity index (χ0n) is 23.5. The molecule has 7 nitrogen and oxygen atoms in total. The molecule has 0 saturated heterocycles. The monoisotopic (exact) mass is 570 g/mol. The van der Waals surface area contributed by atoms with Gasteiger partial charge in [-0.3, -0.25) is 9.59 Å². The first-order valence-corrected chi connectivity index (χ1v) is 15.3. The van der Waals surface area contributed by atoms with Gasteiger partial charge in [-0.05, 0) is 77.6 Å². The molecule has 2 amide bonds. The number of rotatable bonds is 8. The molecule has 4 aromatic carbocycles. The average molecular weight is 571 g/mol. The second-order valence-corrected chi connectivity index (χ2v) is 12.2. The molecule has 0 aliphatic heterocycles. The van der Waals surface area contributed by atoms with Gasteiger partial charge in [-0.15, -0.1) is 0 Å². The Balaban J connectivity index is 1.43. The van der Waals surface area contributed by atoms with E-state index < -0.39 is 15.9 Å². The molecule has 0 spiro atoms. The molecular formula is C33H34N2O5S. The minimum absolute atomic E-state index is 0.0497. The van der Waals surface area contributed by atoms with Crippen LogP contribution in [0.15, 0.2) is 83.8 Å². The summed E-state index contributed by atoms with van der Waals surface area (Å²) in [6.07, 6.45) is 4.83. The number of hydrogen-bond donors (Lipinski definition) is 1. The fraction of sp³-hybridized carbons (Fsp3) is 0.273. The highest BCUT2D eigenvalue weighted by Gasteiger charge is 2.26. The van der Waals surface area contributed by atoms with E-state index in [0.717, 1.165) is 53.3 Å². The smallest absolute Gasteiger partial charge is 0.265 e. The Morgan fingerprint density at radius 3 is 2.39 bits per heavy atom.